The Kier molecular flexibility index (Phi) is 7.79. The van der Waals surface area contributed by atoms with Gasteiger partial charge in [-0.05, 0) is 24.5 Å². The Balaban J connectivity index is 1.81. The van der Waals surface area contributed by atoms with E-state index in [0.29, 0.717) is 23.9 Å². The van der Waals surface area contributed by atoms with Crippen LogP contribution in [0.1, 0.15) is 26.7 Å². The monoisotopic (exact) mass is 391 g/mol. The highest BCUT2D eigenvalue weighted by atomic mass is 16.5. The van der Waals surface area contributed by atoms with Gasteiger partial charge in [0.1, 0.15) is 12.3 Å². The number of hydrogen-bond donors (Lipinski definition) is 2. The van der Waals surface area contributed by atoms with E-state index in [4.69, 9.17) is 9.47 Å². The summed E-state index contributed by atoms with van der Waals surface area (Å²) in [6.07, 6.45) is 0.907. The van der Waals surface area contributed by atoms with Gasteiger partial charge in [0.05, 0.1) is 18.7 Å². The molecular formula is C19H25N3O6. The number of ether oxygens (including phenoxy) is 2. The van der Waals surface area contributed by atoms with Crippen molar-refractivity contribution >= 4 is 29.5 Å². The summed E-state index contributed by atoms with van der Waals surface area (Å²) in [5.41, 5.74) is 0.468. The number of esters is 1. The lowest BCUT2D eigenvalue weighted by Crippen LogP contribution is -2.42. The molecule has 1 heterocycles. The Morgan fingerprint density at radius 2 is 2.00 bits per heavy atom. The normalized spacial score (nSPS) is 13.2. The minimum absolute atomic E-state index is 0.124. The number of hydrogen-bond acceptors (Lipinski definition) is 6. The van der Waals surface area contributed by atoms with Crippen LogP contribution >= 0.6 is 0 Å². The topological polar surface area (TPSA) is 114 Å². The van der Waals surface area contributed by atoms with Crippen LogP contribution in [0.3, 0.4) is 0 Å². The molecule has 9 nitrogen and oxygen atoms in total. The number of fused-ring (bicyclic) bond motifs is 1. The van der Waals surface area contributed by atoms with E-state index < -0.39 is 24.5 Å². The Labute approximate surface area is 163 Å². The fraction of sp³-hybridized carbons (Fsp3) is 0.474. The van der Waals surface area contributed by atoms with Crippen LogP contribution in [0, 0.1) is 5.92 Å². The van der Waals surface area contributed by atoms with Crippen molar-refractivity contribution in [1.29, 1.82) is 0 Å². The SMILES string of the molecule is CC(C)CCNC(=O)NC(=O)COC(=O)CN1C(=O)CCOc2ccccc21. The van der Waals surface area contributed by atoms with Gasteiger partial charge in [-0.3, -0.25) is 24.6 Å². The van der Waals surface area contributed by atoms with Gasteiger partial charge in [0, 0.05) is 6.54 Å². The number of carbonyl (C=O) groups excluding carboxylic acids is 4. The molecule has 1 aliphatic heterocycles. The Morgan fingerprint density at radius 1 is 1.25 bits per heavy atom. The quantitative estimate of drug-likeness (QED) is 0.676. The summed E-state index contributed by atoms with van der Waals surface area (Å²) in [5, 5.41) is 4.62. The van der Waals surface area contributed by atoms with Crippen LogP contribution in [-0.2, 0) is 19.1 Å². The number of rotatable bonds is 7. The van der Waals surface area contributed by atoms with E-state index >= 15 is 0 Å². The summed E-state index contributed by atoms with van der Waals surface area (Å²) in [4.78, 5) is 48.9. The summed E-state index contributed by atoms with van der Waals surface area (Å²) in [6, 6.07) is 6.22. The smallest absolute Gasteiger partial charge is 0.326 e. The predicted molar refractivity (Wildman–Crippen MR) is 101 cm³/mol. The van der Waals surface area contributed by atoms with Crippen LogP contribution < -0.4 is 20.3 Å². The number of amides is 4. The highest BCUT2D eigenvalue weighted by Gasteiger charge is 2.25. The average molecular weight is 391 g/mol. The van der Waals surface area contributed by atoms with E-state index in [9.17, 15) is 19.2 Å². The number of imide groups is 1. The van der Waals surface area contributed by atoms with E-state index in [1.807, 2.05) is 13.8 Å². The molecule has 1 aromatic carbocycles. The highest BCUT2D eigenvalue weighted by Crippen LogP contribution is 2.30. The molecule has 0 saturated carbocycles. The zero-order valence-corrected chi connectivity index (χ0v) is 16.0. The number of nitrogens with one attached hydrogen (secondary N) is 2. The minimum atomic E-state index is -0.764. The van der Waals surface area contributed by atoms with Gasteiger partial charge in [-0.1, -0.05) is 26.0 Å². The third kappa shape index (κ3) is 6.57. The van der Waals surface area contributed by atoms with Gasteiger partial charge >= 0.3 is 12.0 Å². The summed E-state index contributed by atoms with van der Waals surface area (Å²) >= 11 is 0. The maximum Gasteiger partial charge on any atom is 0.326 e. The molecule has 28 heavy (non-hydrogen) atoms. The minimum Gasteiger partial charge on any atom is -0.491 e. The molecule has 2 rings (SSSR count). The van der Waals surface area contributed by atoms with Crippen molar-refractivity contribution in [3.05, 3.63) is 24.3 Å². The lowest BCUT2D eigenvalue weighted by molar-refractivity contribution is -0.147. The number of nitrogens with zero attached hydrogens (tertiary/aromatic N) is 1. The van der Waals surface area contributed by atoms with Gasteiger partial charge in [-0.25, -0.2) is 4.79 Å². The van der Waals surface area contributed by atoms with Crippen molar-refractivity contribution in [2.45, 2.75) is 26.7 Å². The Bertz CT molecular complexity index is 734. The summed E-state index contributed by atoms with van der Waals surface area (Å²) < 4.78 is 10.4. The second kappa shape index (κ2) is 10.3. The second-order valence-corrected chi connectivity index (χ2v) is 6.69. The van der Waals surface area contributed by atoms with E-state index in [0.717, 1.165) is 6.42 Å². The van der Waals surface area contributed by atoms with Gasteiger partial charge in [-0.2, -0.15) is 0 Å². The molecule has 0 aliphatic carbocycles. The molecule has 0 fully saturated rings. The first kappa shape index (κ1) is 21.2. The van der Waals surface area contributed by atoms with Crippen molar-refractivity contribution in [2.75, 3.05) is 31.2 Å². The first-order valence-corrected chi connectivity index (χ1v) is 9.12. The summed E-state index contributed by atoms with van der Waals surface area (Å²) in [7, 11) is 0. The van der Waals surface area contributed by atoms with Gasteiger partial charge < -0.3 is 14.8 Å². The molecular weight excluding hydrogens is 366 g/mol. The van der Waals surface area contributed by atoms with Crippen LogP contribution in [0.5, 0.6) is 5.75 Å². The molecule has 1 aliphatic rings. The van der Waals surface area contributed by atoms with Crippen LogP contribution in [0.4, 0.5) is 10.5 Å². The third-order valence-electron chi connectivity index (χ3n) is 3.94. The van der Waals surface area contributed by atoms with E-state index in [1.165, 1.54) is 4.90 Å². The first-order chi connectivity index (χ1) is 13.4. The first-order valence-electron chi connectivity index (χ1n) is 9.12. The zero-order valence-electron chi connectivity index (χ0n) is 16.0. The van der Waals surface area contributed by atoms with Crippen LogP contribution in [0.2, 0.25) is 0 Å². The summed E-state index contributed by atoms with van der Waals surface area (Å²) in [5.74, 6) is -0.872. The average Bonchev–Trinajstić information content (AvgIpc) is 2.79. The van der Waals surface area contributed by atoms with E-state index in [-0.39, 0.29) is 25.5 Å². The molecule has 2 N–H and O–H groups in total. The molecule has 9 heteroatoms. The standard InChI is InChI=1S/C19H25N3O6/c1-13(2)7-9-20-19(26)21-16(23)12-28-18(25)11-22-14-5-3-4-6-15(14)27-10-8-17(22)24/h3-6,13H,7-12H2,1-2H3,(H2,20,21,23,26). The van der Waals surface area contributed by atoms with Gasteiger partial charge in [0.15, 0.2) is 6.61 Å². The number of anilines is 1. The maximum absolute atomic E-state index is 12.3. The fourth-order valence-electron chi connectivity index (χ4n) is 2.50. The number of carbonyl (C=O) groups is 4. The molecule has 0 saturated heterocycles. The molecule has 0 aromatic heterocycles. The van der Waals surface area contributed by atoms with Crippen LogP contribution in [-0.4, -0.2) is 50.1 Å². The maximum atomic E-state index is 12.3. The van der Waals surface area contributed by atoms with Crippen molar-refractivity contribution in [3.8, 4) is 5.75 Å². The van der Waals surface area contributed by atoms with Gasteiger partial charge in [0.2, 0.25) is 5.91 Å². The molecule has 1 aromatic rings. The predicted octanol–water partition coefficient (Wildman–Crippen LogP) is 1.22. The number of urea groups is 1. The van der Waals surface area contributed by atoms with Gasteiger partial charge in [0.25, 0.3) is 5.91 Å². The molecule has 0 spiro atoms. The van der Waals surface area contributed by atoms with Crippen molar-refractivity contribution in [1.82, 2.24) is 10.6 Å². The lowest BCUT2D eigenvalue weighted by Gasteiger charge is -2.20. The van der Waals surface area contributed by atoms with Crippen molar-refractivity contribution in [2.24, 2.45) is 5.92 Å². The van der Waals surface area contributed by atoms with Crippen molar-refractivity contribution in [3.63, 3.8) is 0 Å². The van der Waals surface area contributed by atoms with E-state index in [1.54, 1.807) is 24.3 Å². The molecule has 0 radical (unpaired) electrons. The third-order valence-corrected chi connectivity index (χ3v) is 3.94. The Hall–Kier alpha value is -3.10. The summed E-state index contributed by atoms with van der Waals surface area (Å²) in [6.45, 7) is 3.72. The fourth-order valence-corrected chi connectivity index (χ4v) is 2.50. The molecule has 0 atom stereocenters. The number of benzene rings is 1. The van der Waals surface area contributed by atoms with Crippen LogP contribution in [0.25, 0.3) is 0 Å². The zero-order chi connectivity index (χ0) is 20.5. The van der Waals surface area contributed by atoms with Gasteiger partial charge in [-0.15, -0.1) is 0 Å². The van der Waals surface area contributed by atoms with E-state index in [2.05, 4.69) is 10.6 Å². The molecule has 152 valence electrons. The molecule has 0 bridgehead atoms. The largest absolute Gasteiger partial charge is 0.491 e. The molecule has 4 amide bonds. The van der Waals surface area contributed by atoms with Crippen molar-refractivity contribution < 1.29 is 28.7 Å². The van der Waals surface area contributed by atoms with Crippen LogP contribution in [0.15, 0.2) is 24.3 Å². The highest BCUT2D eigenvalue weighted by molar-refractivity contribution is 6.00. The number of para-hydroxylation sites is 2. The Morgan fingerprint density at radius 3 is 2.75 bits per heavy atom. The molecule has 0 unspecified atom stereocenters. The lowest BCUT2D eigenvalue weighted by atomic mass is 10.1. The second-order valence-electron chi connectivity index (χ2n) is 6.69.